The number of nitrogens with two attached hydrogens (primary N) is 1. The number of nitro benzene ring substituents is 1. The highest BCUT2D eigenvalue weighted by Gasteiger charge is 2.13. The molecule has 8 heteroatoms. The summed E-state index contributed by atoms with van der Waals surface area (Å²) in [7, 11) is 0. The molecule has 0 bridgehead atoms. The number of rotatable bonds is 5. The van der Waals surface area contributed by atoms with Crippen molar-refractivity contribution >= 4 is 43.2 Å². The number of benzene rings is 2. The molecular formula is C13H11Br2N3O3. The Morgan fingerprint density at radius 3 is 2.62 bits per heavy atom. The number of nitrogens with zero attached hydrogens (tertiary/aromatic N) is 1. The van der Waals surface area contributed by atoms with Crippen LogP contribution in [0.5, 0.6) is 5.75 Å². The SMILES string of the molecule is NNc1cc(COc2ccc(Br)cc2Br)ccc1[N+](=O)[O-]. The number of hydrogen-bond donors (Lipinski definition) is 2. The Hall–Kier alpha value is -1.64. The van der Waals surface area contributed by atoms with E-state index in [4.69, 9.17) is 10.6 Å². The summed E-state index contributed by atoms with van der Waals surface area (Å²) in [6, 6.07) is 10.2. The highest BCUT2D eigenvalue weighted by Crippen LogP contribution is 2.30. The number of anilines is 1. The van der Waals surface area contributed by atoms with Gasteiger partial charge in [0, 0.05) is 10.5 Å². The summed E-state index contributed by atoms with van der Waals surface area (Å²) in [5.74, 6) is 5.98. The number of nitrogen functional groups attached to an aromatic ring is 1. The summed E-state index contributed by atoms with van der Waals surface area (Å²) in [4.78, 5) is 10.3. The highest BCUT2D eigenvalue weighted by atomic mass is 79.9. The number of hydrazine groups is 1. The molecule has 0 radical (unpaired) electrons. The van der Waals surface area contributed by atoms with E-state index in [0.29, 0.717) is 5.75 Å². The third-order valence-electron chi connectivity index (χ3n) is 2.70. The molecule has 6 nitrogen and oxygen atoms in total. The smallest absolute Gasteiger partial charge is 0.293 e. The van der Waals surface area contributed by atoms with Crippen LogP contribution in [0.3, 0.4) is 0 Å². The average molecular weight is 417 g/mol. The second kappa shape index (κ2) is 6.88. The number of halogens is 2. The van der Waals surface area contributed by atoms with Gasteiger partial charge in [0.2, 0.25) is 0 Å². The van der Waals surface area contributed by atoms with Crippen LogP contribution in [0.2, 0.25) is 0 Å². The van der Waals surface area contributed by atoms with Crippen LogP contribution in [0.25, 0.3) is 0 Å². The molecule has 2 aromatic carbocycles. The predicted octanol–water partition coefficient (Wildman–Crippen LogP) is 3.98. The maximum atomic E-state index is 10.8. The van der Waals surface area contributed by atoms with Gasteiger partial charge in [-0.15, -0.1) is 0 Å². The van der Waals surface area contributed by atoms with Gasteiger partial charge in [0.25, 0.3) is 5.69 Å². The third kappa shape index (κ3) is 3.93. The molecule has 2 aromatic rings. The molecule has 0 aliphatic heterocycles. The van der Waals surface area contributed by atoms with Crippen molar-refractivity contribution < 1.29 is 9.66 Å². The average Bonchev–Trinajstić information content (AvgIpc) is 2.45. The van der Waals surface area contributed by atoms with Gasteiger partial charge in [0.05, 0.1) is 9.40 Å². The van der Waals surface area contributed by atoms with E-state index in [0.717, 1.165) is 14.5 Å². The van der Waals surface area contributed by atoms with Crippen LogP contribution in [0.15, 0.2) is 45.3 Å². The largest absolute Gasteiger partial charge is 0.488 e. The fraction of sp³-hybridized carbons (Fsp3) is 0.0769. The van der Waals surface area contributed by atoms with E-state index in [2.05, 4.69) is 37.3 Å². The Morgan fingerprint density at radius 1 is 1.24 bits per heavy atom. The molecule has 0 heterocycles. The van der Waals surface area contributed by atoms with E-state index in [1.165, 1.54) is 6.07 Å². The summed E-state index contributed by atoms with van der Waals surface area (Å²) < 4.78 is 7.42. The fourth-order valence-corrected chi connectivity index (χ4v) is 2.86. The van der Waals surface area contributed by atoms with E-state index in [1.54, 1.807) is 12.1 Å². The summed E-state index contributed by atoms with van der Waals surface area (Å²) in [6.07, 6.45) is 0. The Kier molecular flexibility index (Phi) is 5.16. The van der Waals surface area contributed by atoms with Gasteiger partial charge in [-0.3, -0.25) is 16.0 Å². The van der Waals surface area contributed by atoms with Gasteiger partial charge in [-0.2, -0.15) is 0 Å². The first-order valence-corrected chi connectivity index (χ1v) is 7.41. The molecule has 0 saturated carbocycles. The lowest BCUT2D eigenvalue weighted by molar-refractivity contribution is -0.384. The lowest BCUT2D eigenvalue weighted by atomic mass is 10.2. The van der Waals surface area contributed by atoms with Crippen LogP contribution in [-0.4, -0.2) is 4.92 Å². The summed E-state index contributed by atoms with van der Waals surface area (Å²) in [6.45, 7) is 0.271. The zero-order valence-corrected chi connectivity index (χ0v) is 13.8. The van der Waals surface area contributed by atoms with Crippen molar-refractivity contribution in [2.24, 2.45) is 5.84 Å². The van der Waals surface area contributed by atoms with Crippen LogP contribution in [0.1, 0.15) is 5.56 Å². The lowest BCUT2D eigenvalue weighted by Gasteiger charge is -2.10. The lowest BCUT2D eigenvalue weighted by Crippen LogP contribution is -2.10. The molecule has 0 amide bonds. The first-order chi connectivity index (χ1) is 10.0. The number of hydrogen-bond acceptors (Lipinski definition) is 5. The zero-order chi connectivity index (χ0) is 15.4. The Labute approximate surface area is 137 Å². The van der Waals surface area contributed by atoms with Crippen LogP contribution in [0, 0.1) is 10.1 Å². The molecule has 0 aliphatic carbocycles. The van der Waals surface area contributed by atoms with Gasteiger partial charge in [0.15, 0.2) is 0 Å². The van der Waals surface area contributed by atoms with Crippen LogP contribution < -0.4 is 16.0 Å². The van der Waals surface area contributed by atoms with Crippen LogP contribution in [0.4, 0.5) is 11.4 Å². The van der Waals surface area contributed by atoms with Crippen molar-refractivity contribution in [3.05, 3.63) is 61.0 Å². The Bertz CT molecular complexity index is 680. The minimum atomic E-state index is -0.495. The maximum Gasteiger partial charge on any atom is 0.293 e. The molecule has 0 atom stereocenters. The van der Waals surface area contributed by atoms with E-state index >= 15 is 0 Å². The van der Waals surface area contributed by atoms with E-state index in [9.17, 15) is 10.1 Å². The fourth-order valence-electron chi connectivity index (χ4n) is 1.70. The number of nitrogens with one attached hydrogen (secondary N) is 1. The predicted molar refractivity (Wildman–Crippen MR) is 87.1 cm³/mol. The Balaban J connectivity index is 2.15. The van der Waals surface area contributed by atoms with E-state index < -0.39 is 4.92 Å². The molecule has 0 unspecified atom stereocenters. The van der Waals surface area contributed by atoms with Crippen molar-refractivity contribution in [1.29, 1.82) is 0 Å². The molecular weight excluding hydrogens is 406 g/mol. The first kappa shape index (κ1) is 15.7. The minimum Gasteiger partial charge on any atom is -0.488 e. The van der Waals surface area contributed by atoms with Crippen molar-refractivity contribution in [3.63, 3.8) is 0 Å². The molecule has 110 valence electrons. The molecule has 0 spiro atoms. The molecule has 0 aliphatic rings. The maximum absolute atomic E-state index is 10.8. The standard InChI is InChI=1S/C13H11Br2N3O3/c14-9-2-4-13(10(15)6-9)21-7-8-1-3-12(18(19)20)11(5-8)17-16/h1-6,17H,7,16H2. The summed E-state index contributed by atoms with van der Waals surface area (Å²) in [5, 5.41) is 10.8. The summed E-state index contributed by atoms with van der Waals surface area (Å²) in [5.41, 5.74) is 3.26. The molecule has 0 fully saturated rings. The van der Waals surface area contributed by atoms with Crippen LogP contribution in [-0.2, 0) is 6.61 Å². The quantitative estimate of drug-likeness (QED) is 0.437. The van der Waals surface area contributed by atoms with Gasteiger partial charge < -0.3 is 10.2 Å². The molecule has 2 rings (SSSR count). The van der Waals surface area contributed by atoms with Gasteiger partial charge in [-0.05, 0) is 51.8 Å². The Morgan fingerprint density at radius 2 is 2.00 bits per heavy atom. The number of nitro groups is 1. The second-order valence-corrected chi connectivity index (χ2v) is 5.89. The second-order valence-electron chi connectivity index (χ2n) is 4.12. The normalized spacial score (nSPS) is 10.2. The van der Waals surface area contributed by atoms with Crippen LogP contribution >= 0.6 is 31.9 Å². The van der Waals surface area contributed by atoms with E-state index in [-0.39, 0.29) is 18.0 Å². The third-order valence-corrected chi connectivity index (χ3v) is 3.81. The minimum absolute atomic E-state index is 0.0777. The summed E-state index contributed by atoms with van der Waals surface area (Å²) >= 11 is 6.76. The monoisotopic (exact) mass is 415 g/mol. The topological polar surface area (TPSA) is 90.4 Å². The molecule has 3 N–H and O–H groups in total. The van der Waals surface area contributed by atoms with Gasteiger partial charge in [0.1, 0.15) is 18.0 Å². The highest BCUT2D eigenvalue weighted by molar-refractivity contribution is 9.11. The zero-order valence-electron chi connectivity index (χ0n) is 10.7. The molecule has 0 saturated heterocycles. The van der Waals surface area contributed by atoms with Crippen molar-refractivity contribution in [3.8, 4) is 5.75 Å². The van der Waals surface area contributed by atoms with Gasteiger partial charge in [-0.25, -0.2) is 0 Å². The van der Waals surface area contributed by atoms with E-state index in [1.807, 2.05) is 18.2 Å². The first-order valence-electron chi connectivity index (χ1n) is 5.83. The number of ether oxygens (including phenoxy) is 1. The van der Waals surface area contributed by atoms with Crippen molar-refractivity contribution in [2.75, 3.05) is 5.43 Å². The molecule has 21 heavy (non-hydrogen) atoms. The van der Waals surface area contributed by atoms with Gasteiger partial charge in [-0.1, -0.05) is 15.9 Å². The van der Waals surface area contributed by atoms with Gasteiger partial charge >= 0.3 is 0 Å². The van der Waals surface area contributed by atoms with Crippen molar-refractivity contribution in [2.45, 2.75) is 6.61 Å². The molecule has 0 aromatic heterocycles. The van der Waals surface area contributed by atoms with Crippen molar-refractivity contribution in [1.82, 2.24) is 0 Å².